The van der Waals surface area contributed by atoms with Crippen LogP contribution in [0.25, 0.3) is 0 Å². The highest BCUT2D eigenvalue weighted by Crippen LogP contribution is 2.06. The molecular formula is C19H41N2+. The van der Waals surface area contributed by atoms with E-state index in [-0.39, 0.29) is 0 Å². The SMILES string of the molecule is CCCCCCCCCNC=[NH+]CCCCCCCCC. The minimum Gasteiger partial charge on any atom is -0.281 e. The van der Waals surface area contributed by atoms with Gasteiger partial charge in [0.15, 0.2) is 0 Å². The number of rotatable bonds is 17. The highest BCUT2D eigenvalue weighted by molar-refractivity contribution is 5.46. The third kappa shape index (κ3) is 19.5. The number of nitrogens with one attached hydrogen (secondary N) is 2. The van der Waals surface area contributed by atoms with Crippen molar-refractivity contribution in [2.24, 2.45) is 0 Å². The summed E-state index contributed by atoms with van der Waals surface area (Å²) in [5.41, 5.74) is 0. The molecule has 0 aromatic heterocycles. The molecule has 0 heterocycles. The molecule has 0 aromatic carbocycles. The van der Waals surface area contributed by atoms with Crippen LogP contribution in [-0.2, 0) is 0 Å². The van der Waals surface area contributed by atoms with Crippen molar-refractivity contribution in [1.29, 1.82) is 0 Å². The van der Waals surface area contributed by atoms with Gasteiger partial charge in [-0.15, -0.1) is 0 Å². The van der Waals surface area contributed by atoms with Crippen LogP contribution in [-0.4, -0.2) is 19.4 Å². The van der Waals surface area contributed by atoms with Crippen LogP contribution in [0.4, 0.5) is 0 Å². The van der Waals surface area contributed by atoms with Crippen LogP contribution in [0.3, 0.4) is 0 Å². The highest BCUT2D eigenvalue weighted by atomic mass is 14.9. The predicted octanol–water partition coefficient (Wildman–Crippen LogP) is 4.19. The summed E-state index contributed by atoms with van der Waals surface area (Å²) < 4.78 is 0. The van der Waals surface area contributed by atoms with Crippen LogP contribution in [0, 0.1) is 0 Å². The molecule has 21 heavy (non-hydrogen) atoms. The van der Waals surface area contributed by atoms with Gasteiger partial charge in [-0.25, -0.2) is 0 Å². The molecule has 0 bridgehead atoms. The Morgan fingerprint density at radius 2 is 1.10 bits per heavy atom. The van der Waals surface area contributed by atoms with Crippen LogP contribution in [0.5, 0.6) is 0 Å². The van der Waals surface area contributed by atoms with Crippen molar-refractivity contribution < 1.29 is 4.99 Å². The molecule has 0 saturated heterocycles. The Morgan fingerprint density at radius 1 is 0.619 bits per heavy atom. The normalized spacial score (nSPS) is 11.3. The lowest BCUT2D eigenvalue weighted by Crippen LogP contribution is -2.71. The molecule has 0 rings (SSSR count). The van der Waals surface area contributed by atoms with E-state index in [0.717, 1.165) is 13.1 Å². The van der Waals surface area contributed by atoms with Crippen molar-refractivity contribution in [1.82, 2.24) is 5.32 Å². The Bertz CT molecular complexity index is 202. The molecule has 0 radical (unpaired) electrons. The summed E-state index contributed by atoms with van der Waals surface area (Å²) in [6.45, 7) is 6.80. The van der Waals surface area contributed by atoms with E-state index in [9.17, 15) is 0 Å². The van der Waals surface area contributed by atoms with Gasteiger partial charge in [0.1, 0.15) is 0 Å². The van der Waals surface area contributed by atoms with Gasteiger partial charge in [-0.2, -0.15) is 0 Å². The van der Waals surface area contributed by atoms with E-state index >= 15 is 0 Å². The van der Waals surface area contributed by atoms with Gasteiger partial charge in [-0.1, -0.05) is 78.1 Å². The van der Waals surface area contributed by atoms with Crippen molar-refractivity contribution in [3.63, 3.8) is 0 Å². The summed E-state index contributed by atoms with van der Waals surface area (Å²) in [5.74, 6) is 0. The van der Waals surface area contributed by atoms with Gasteiger partial charge < -0.3 is 0 Å². The first-order chi connectivity index (χ1) is 10.4. The molecule has 0 atom stereocenters. The Morgan fingerprint density at radius 3 is 1.67 bits per heavy atom. The zero-order valence-corrected chi connectivity index (χ0v) is 14.9. The summed E-state index contributed by atoms with van der Waals surface area (Å²) >= 11 is 0. The maximum atomic E-state index is 3.37. The van der Waals surface area contributed by atoms with Gasteiger partial charge in [0.2, 0.25) is 6.34 Å². The minimum atomic E-state index is 1.12. The third-order valence-electron chi connectivity index (χ3n) is 4.05. The monoisotopic (exact) mass is 297 g/mol. The smallest absolute Gasteiger partial charge is 0.229 e. The lowest BCUT2D eigenvalue weighted by Gasteiger charge is -1.99. The standard InChI is InChI=1S/C19H40N2/c1-3-5-7-9-11-13-15-17-20-19-21-18-16-14-12-10-8-6-4-2/h19H,3-18H2,1-2H3,(H,20,21)/p+1. The van der Waals surface area contributed by atoms with Crippen LogP contribution < -0.4 is 10.3 Å². The van der Waals surface area contributed by atoms with Crippen molar-refractivity contribution >= 4 is 6.34 Å². The van der Waals surface area contributed by atoms with Gasteiger partial charge in [-0.3, -0.25) is 10.3 Å². The average Bonchev–Trinajstić information content (AvgIpc) is 2.50. The quantitative estimate of drug-likeness (QED) is 0.235. The molecule has 0 saturated carbocycles. The van der Waals surface area contributed by atoms with Crippen LogP contribution in [0.15, 0.2) is 0 Å². The highest BCUT2D eigenvalue weighted by Gasteiger charge is 1.93. The molecule has 0 amide bonds. The van der Waals surface area contributed by atoms with Gasteiger partial charge in [-0.05, 0) is 25.7 Å². The van der Waals surface area contributed by atoms with Gasteiger partial charge >= 0.3 is 0 Å². The zero-order valence-electron chi connectivity index (χ0n) is 14.9. The second-order valence-corrected chi connectivity index (χ2v) is 6.30. The van der Waals surface area contributed by atoms with Crippen molar-refractivity contribution in [3.8, 4) is 0 Å². The van der Waals surface area contributed by atoms with Gasteiger partial charge in [0.05, 0.1) is 13.1 Å². The minimum absolute atomic E-state index is 1.12. The fourth-order valence-electron chi connectivity index (χ4n) is 2.58. The molecule has 2 N–H and O–H groups in total. The molecule has 0 spiro atoms. The Kier molecular flexibility index (Phi) is 19.0. The maximum Gasteiger partial charge on any atom is 0.229 e. The maximum absolute atomic E-state index is 3.37. The second kappa shape index (κ2) is 19.5. The number of unbranched alkanes of at least 4 members (excludes halogenated alkanes) is 12. The fourth-order valence-corrected chi connectivity index (χ4v) is 2.58. The van der Waals surface area contributed by atoms with E-state index in [0.29, 0.717) is 0 Å². The Labute approximate surface area is 134 Å². The molecule has 2 nitrogen and oxygen atoms in total. The first-order valence-corrected chi connectivity index (χ1v) is 9.70. The van der Waals surface area contributed by atoms with E-state index in [2.05, 4.69) is 24.2 Å². The summed E-state index contributed by atoms with van der Waals surface area (Å²) in [4.78, 5) is 3.37. The molecule has 0 aliphatic rings. The fraction of sp³-hybridized carbons (Fsp3) is 0.947. The molecule has 0 aliphatic heterocycles. The molecule has 0 unspecified atom stereocenters. The van der Waals surface area contributed by atoms with Crippen molar-refractivity contribution in [2.45, 2.75) is 104 Å². The lowest BCUT2D eigenvalue weighted by atomic mass is 10.1. The van der Waals surface area contributed by atoms with E-state index in [1.165, 1.54) is 89.9 Å². The molecule has 0 aliphatic carbocycles. The molecule has 0 aromatic rings. The van der Waals surface area contributed by atoms with E-state index in [4.69, 9.17) is 0 Å². The summed E-state index contributed by atoms with van der Waals surface area (Å²) in [6, 6.07) is 0. The summed E-state index contributed by atoms with van der Waals surface area (Å²) in [5, 5.41) is 3.37. The Balaban J connectivity index is 3.02. The molecule has 2 heteroatoms. The number of hydrogen-bond acceptors (Lipinski definition) is 0. The van der Waals surface area contributed by atoms with Crippen molar-refractivity contribution in [2.75, 3.05) is 13.1 Å². The number of hydrogen-bond donors (Lipinski definition) is 2. The van der Waals surface area contributed by atoms with Crippen LogP contribution in [0.2, 0.25) is 0 Å². The first-order valence-electron chi connectivity index (χ1n) is 9.70. The second-order valence-electron chi connectivity index (χ2n) is 6.30. The predicted molar refractivity (Wildman–Crippen MR) is 95.9 cm³/mol. The van der Waals surface area contributed by atoms with Crippen molar-refractivity contribution in [3.05, 3.63) is 0 Å². The van der Waals surface area contributed by atoms with E-state index < -0.39 is 0 Å². The largest absolute Gasteiger partial charge is 0.281 e. The zero-order chi connectivity index (χ0) is 15.4. The van der Waals surface area contributed by atoms with Crippen LogP contribution >= 0.6 is 0 Å². The van der Waals surface area contributed by atoms with Gasteiger partial charge in [0.25, 0.3) is 0 Å². The third-order valence-corrected chi connectivity index (χ3v) is 4.05. The van der Waals surface area contributed by atoms with E-state index in [1.54, 1.807) is 0 Å². The topological polar surface area (TPSA) is 26.0 Å². The summed E-state index contributed by atoms with van der Waals surface area (Å²) in [7, 11) is 0. The van der Waals surface area contributed by atoms with Crippen LogP contribution in [0.1, 0.15) is 104 Å². The average molecular weight is 298 g/mol. The molecule has 126 valence electrons. The molecule has 0 fully saturated rings. The summed E-state index contributed by atoms with van der Waals surface area (Å²) in [6.07, 6.45) is 21.5. The molecular weight excluding hydrogens is 256 g/mol. The van der Waals surface area contributed by atoms with Gasteiger partial charge in [0, 0.05) is 0 Å². The Hall–Kier alpha value is -0.530. The van der Waals surface area contributed by atoms with E-state index in [1.807, 2.05) is 6.34 Å². The first kappa shape index (κ1) is 20.5. The lowest BCUT2D eigenvalue weighted by molar-refractivity contribution is -0.454.